The summed E-state index contributed by atoms with van der Waals surface area (Å²) in [5, 5.41) is 14.0. The van der Waals surface area contributed by atoms with Gasteiger partial charge in [-0.25, -0.2) is 0 Å². The number of rotatable bonds is 4. The topological polar surface area (TPSA) is 92.6 Å². The number of anilines is 2. The number of benzene rings is 2. The first kappa shape index (κ1) is 17.9. The molecule has 0 unspecified atom stereocenters. The molecule has 2 aromatic carbocycles. The summed E-state index contributed by atoms with van der Waals surface area (Å²) >= 11 is 5.87. The quantitative estimate of drug-likeness (QED) is 0.651. The Morgan fingerprint density at radius 2 is 2.04 bits per heavy atom. The zero-order valence-electron chi connectivity index (χ0n) is 14.0. The van der Waals surface area contributed by atoms with Crippen molar-refractivity contribution in [3.63, 3.8) is 0 Å². The number of carbonyl (C=O) groups is 2. The van der Waals surface area contributed by atoms with Crippen molar-refractivity contribution in [3.05, 3.63) is 62.7 Å². The van der Waals surface area contributed by atoms with Gasteiger partial charge in [0, 0.05) is 35.4 Å². The summed E-state index contributed by atoms with van der Waals surface area (Å²) < 4.78 is 0. The number of hydrogen-bond donors (Lipinski definition) is 1. The lowest BCUT2D eigenvalue weighted by molar-refractivity contribution is -0.385. The van der Waals surface area contributed by atoms with Gasteiger partial charge in [-0.3, -0.25) is 19.7 Å². The molecule has 1 aliphatic rings. The minimum absolute atomic E-state index is 0.0753. The summed E-state index contributed by atoms with van der Waals surface area (Å²) in [5.41, 5.74) is 1.87. The molecule has 1 heterocycles. The van der Waals surface area contributed by atoms with Crippen LogP contribution in [-0.4, -0.2) is 23.3 Å². The molecule has 7 nitrogen and oxygen atoms in total. The third kappa shape index (κ3) is 3.39. The number of nitrogens with zero attached hydrogens (tertiary/aromatic N) is 2. The van der Waals surface area contributed by atoms with Crippen LogP contribution in [0.15, 0.2) is 36.4 Å². The molecule has 0 saturated heterocycles. The van der Waals surface area contributed by atoms with Crippen LogP contribution in [0.4, 0.5) is 17.1 Å². The molecule has 0 bridgehead atoms. The molecule has 134 valence electrons. The van der Waals surface area contributed by atoms with E-state index in [-0.39, 0.29) is 22.2 Å². The Balaban J connectivity index is 1.89. The van der Waals surface area contributed by atoms with Crippen molar-refractivity contribution in [2.24, 2.45) is 0 Å². The van der Waals surface area contributed by atoms with Gasteiger partial charge in [-0.2, -0.15) is 0 Å². The highest BCUT2D eigenvalue weighted by atomic mass is 35.5. The second-order valence-corrected chi connectivity index (χ2v) is 6.29. The number of hydrogen-bond acceptors (Lipinski definition) is 4. The Hall–Kier alpha value is -2.93. The Morgan fingerprint density at radius 3 is 2.73 bits per heavy atom. The summed E-state index contributed by atoms with van der Waals surface area (Å²) in [6.07, 6.45) is 1.00. The first-order valence-electron chi connectivity index (χ1n) is 8.09. The molecule has 0 aromatic heterocycles. The highest BCUT2D eigenvalue weighted by Gasteiger charge is 2.24. The molecule has 0 radical (unpaired) electrons. The first-order valence-corrected chi connectivity index (χ1v) is 8.47. The number of nitro groups is 1. The van der Waals surface area contributed by atoms with Crippen LogP contribution >= 0.6 is 11.6 Å². The molecular weight excluding hydrogens is 358 g/mol. The van der Waals surface area contributed by atoms with E-state index in [9.17, 15) is 19.7 Å². The number of nitrogens with one attached hydrogen (secondary N) is 1. The van der Waals surface area contributed by atoms with E-state index in [1.807, 2.05) is 6.92 Å². The molecule has 0 saturated carbocycles. The van der Waals surface area contributed by atoms with Crippen molar-refractivity contribution in [1.29, 1.82) is 0 Å². The molecule has 0 atom stereocenters. The fourth-order valence-corrected chi connectivity index (χ4v) is 3.20. The molecule has 8 heteroatoms. The summed E-state index contributed by atoms with van der Waals surface area (Å²) in [5.74, 6) is -0.537. The van der Waals surface area contributed by atoms with Gasteiger partial charge in [-0.15, -0.1) is 0 Å². The molecule has 2 amide bonds. The number of halogens is 1. The van der Waals surface area contributed by atoms with Gasteiger partial charge in [0.2, 0.25) is 5.91 Å². The van der Waals surface area contributed by atoms with Gasteiger partial charge in [-0.05, 0) is 49.2 Å². The standard InChI is InChI=1S/C18H16ClN3O4/c1-2-21-15-7-5-13(9-11(15)3-8-17(21)23)20-18(24)14-10-12(19)4-6-16(14)22(25)26/h4-7,9-10H,2-3,8H2,1H3,(H,20,24). The molecule has 3 rings (SSSR count). The average molecular weight is 374 g/mol. The summed E-state index contributed by atoms with van der Waals surface area (Å²) in [6.45, 7) is 2.48. The number of carbonyl (C=O) groups excluding carboxylic acids is 2. The fraction of sp³-hybridized carbons (Fsp3) is 0.222. The van der Waals surface area contributed by atoms with Crippen LogP contribution in [-0.2, 0) is 11.2 Å². The van der Waals surface area contributed by atoms with Gasteiger partial charge >= 0.3 is 0 Å². The second-order valence-electron chi connectivity index (χ2n) is 5.85. The van der Waals surface area contributed by atoms with Crippen molar-refractivity contribution in [2.75, 3.05) is 16.8 Å². The lowest BCUT2D eigenvalue weighted by Gasteiger charge is -2.28. The maximum atomic E-state index is 12.5. The van der Waals surface area contributed by atoms with Gasteiger partial charge in [0.1, 0.15) is 5.56 Å². The van der Waals surface area contributed by atoms with E-state index in [0.29, 0.717) is 25.1 Å². The van der Waals surface area contributed by atoms with Crippen LogP contribution in [0.5, 0.6) is 0 Å². The molecule has 0 spiro atoms. The zero-order valence-corrected chi connectivity index (χ0v) is 14.7. The normalized spacial score (nSPS) is 13.3. The van der Waals surface area contributed by atoms with Crippen LogP contribution in [0, 0.1) is 10.1 Å². The highest BCUT2D eigenvalue weighted by Crippen LogP contribution is 2.31. The van der Waals surface area contributed by atoms with E-state index in [1.54, 1.807) is 23.1 Å². The van der Waals surface area contributed by atoms with Gasteiger partial charge in [-0.1, -0.05) is 11.6 Å². The third-order valence-corrected chi connectivity index (χ3v) is 4.49. The number of nitro benzene ring substituents is 1. The summed E-state index contributed by atoms with van der Waals surface area (Å²) in [6, 6.07) is 9.08. The predicted molar refractivity (Wildman–Crippen MR) is 98.8 cm³/mol. The monoisotopic (exact) mass is 373 g/mol. The van der Waals surface area contributed by atoms with Crippen molar-refractivity contribution < 1.29 is 14.5 Å². The summed E-state index contributed by atoms with van der Waals surface area (Å²) in [4.78, 5) is 36.6. The molecule has 1 aliphatic heterocycles. The van der Waals surface area contributed by atoms with Gasteiger partial charge in [0.15, 0.2) is 0 Å². The molecule has 0 aliphatic carbocycles. The maximum absolute atomic E-state index is 12.5. The van der Waals surface area contributed by atoms with Crippen LogP contribution < -0.4 is 10.2 Å². The smallest absolute Gasteiger partial charge is 0.282 e. The van der Waals surface area contributed by atoms with E-state index in [2.05, 4.69) is 5.32 Å². The SMILES string of the molecule is CCN1C(=O)CCc2cc(NC(=O)c3cc(Cl)ccc3[N+](=O)[O-])ccc21. The molecule has 2 aromatic rings. The van der Waals surface area contributed by atoms with Crippen LogP contribution in [0.2, 0.25) is 5.02 Å². The lowest BCUT2D eigenvalue weighted by Crippen LogP contribution is -2.34. The van der Waals surface area contributed by atoms with Crippen LogP contribution in [0.25, 0.3) is 0 Å². The molecular formula is C18H16ClN3O4. The average Bonchev–Trinajstić information content (AvgIpc) is 2.61. The van der Waals surface area contributed by atoms with Gasteiger partial charge in [0.25, 0.3) is 11.6 Å². The Labute approximate surface area is 154 Å². The Bertz CT molecular complexity index is 913. The third-order valence-electron chi connectivity index (χ3n) is 4.25. The van der Waals surface area contributed by atoms with Gasteiger partial charge < -0.3 is 10.2 Å². The van der Waals surface area contributed by atoms with E-state index < -0.39 is 10.8 Å². The fourth-order valence-electron chi connectivity index (χ4n) is 3.03. The van der Waals surface area contributed by atoms with Crippen molar-refractivity contribution in [1.82, 2.24) is 0 Å². The minimum atomic E-state index is -0.622. The molecule has 1 N–H and O–H groups in total. The number of fused-ring (bicyclic) bond motifs is 1. The lowest BCUT2D eigenvalue weighted by atomic mass is 10.0. The van der Waals surface area contributed by atoms with Crippen LogP contribution in [0.3, 0.4) is 0 Å². The largest absolute Gasteiger partial charge is 0.322 e. The van der Waals surface area contributed by atoms with Crippen molar-refractivity contribution in [3.8, 4) is 0 Å². The highest BCUT2D eigenvalue weighted by molar-refractivity contribution is 6.31. The Kier molecular flexibility index (Phi) is 4.90. The van der Waals surface area contributed by atoms with Crippen molar-refractivity contribution >= 4 is 40.5 Å². The zero-order chi connectivity index (χ0) is 18.8. The van der Waals surface area contributed by atoms with E-state index in [4.69, 9.17) is 11.6 Å². The van der Waals surface area contributed by atoms with E-state index in [1.165, 1.54) is 18.2 Å². The van der Waals surface area contributed by atoms with Crippen molar-refractivity contribution in [2.45, 2.75) is 19.8 Å². The first-order chi connectivity index (χ1) is 12.4. The van der Waals surface area contributed by atoms with E-state index in [0.717, 1.165) is 11.3 Å². The number of amides is 2. The second kappa shape index (κ2) is 7.13. The summed E-state index contributed by atoms with van der Waals surface area (Å²) in [7, 11) is 0. The minimum Gasteiger partial charge on any atom is -0.322 e. The number of aryl methyl sites for hydroxylation is 1. The predicted octanol–water partition coefficient (Wildman–Crippen LogP) is 3.80. The van der Waals surface area contributed by atoms with E-state index >= 15 is 0 Å². The van der Waals surface area contributed by atoms with Gasteiger partial charge in [0.05, 0.1) is 4.92 Å². The molecule has 0 fully saturated rings. The van der Waals surface area contributed by atoms with Crippen LogP contribution in [0.1, 0.15) is 29.3 Å². The Morgan fingerprint density at radius 1 is 1.27 bits per heavy atom. The maximum Gasteiger partial charge on any atom is 0.282 e. The molecule has 26 heavy (non-hydrogen) atoms.